The Morgan fingerprint density at radius 3 is 2.60 bits per heavy atom. The van der Waals surface area contributed by atoms with Crippen molar-refractivity contribution in [2.24, 2.45) is 0 Å². The molecule has 1 unspecified atom stereocenters. The van der Waals surface area contributed by atoms with Gasteiger partial charge in [0, 0.05) is 22.8 Å². The molecule has 1 aromatic rings. The minimum Gasteiger partial charge on any atom is -0.462 e. The van der Waals surface area contributed by atoms with Gasteiger partial charge in [0.2, 0.25) is 0 Å². The molecule has 6 heteroatoms. The molecular weight excluding hydrogens is 356 g/mol. The van der Waals surface area contributed by atoms with E-state index in [-0.39, 0.29) is 11.4 Å². The number of carbonyl (C=O) groups is 1. The summed E-state index contributed by atoms with van der Waals surface area (Å²) in [6, 6.07) is 3.86. The van der Waals surface area contributed by atoms with E-state index < -0.39 is 9.45 Å². The quantitative estimate of drug-likeness (QED) is 0.527. The van der Waals surface area contributed by atoms with Crippen LogP contribution in [0, 0.1) is 0 Å². The van der Waals surface area contributed by atoms with E-state index in [4.69, 9.17) is 9.47 Å². The fourth-order valence-electron chi connectivity index (χ4n) is 3.00. The van der Waals surface area contributed by atoms with Crippen LogP contribution in [-0.2, 0) is 41.2 Å². The van der Waals surface area contributed by atoms with Crippen LogP contribution in [0.1, 0.15) is 68.4 Å². The minimum absolute atomic E-state index is 0.0000765. The summed E-state index contributed by atoms with van der Waals surface area (Å²) in [5.41, 5.74) is 2.58. The van der Waals surface area contributed by atoms with Gasteiger partial charge < -0.3 is 9.47 Å². The second kappa shape index (κ2) is 9.10. The first-order valence-corrected chi connectivity index (χ1v) is 11.5. The first kappa shape index (κ1) is 20.3. The fraction of sp³-hybridized carbons (Fsp3) is 0.632. The lowest BCUT2D eigenvalue weighted by Crippen LogP contribution is -2.29. The number of hydrogen-bond donors (Lipinski definition) is 0. The van der Waals surface area contributed by atoms with Gasteiger partial charge in [-0.2, -0.15) is 0 Å². The van der Waals surface area contributed by atoms with E-state index in [0.29, 0.717) is 35.6 Å². The molecule has 0 radical (unpaired) electrons. The van der Waals surface area contributed by atoms with Crippen molar-refractivity contribution in [2.45, 2.75) is 63.9 Å². The molecule has 0 aliphatic carbocycles. The largest absolute Gasteiger partial charge is 0.462 e. The Labute approximate surface area is 156 Å². The zero-order chi connectivity index (χ0) is 18.4. The SMILES string of the molecule is CCCOCc1c(C(=O)OCCC)ccc2c1S(=S=O)CCC2(C)C. The predicted octanol–water partition coefficient (Wildman–Crippen LogP) is 3.97. The first-order chi connectivity index (χ1) is 12.0. The number of fused-ring (bicyclic) bond motifs is 1. The van der Waals surface area contributed by atoms with Crippen LogP contribution in [0.3, 0.4) is 0 Å². The lowest BCUT2D eigenvalue weighted by Gasteiger charge is -2.35. The number of hydrogen-bond acceptors (Lipinski definition) is 4. The summed E-state index contributed by atoms with van der Waals surface area (Å²) < 4.78 is 22.9. The molecule has 1 heterocycles. The average Bonchev–Trinajstić information content (AvgIpc) is 2.60. The van der Waals surface area contributed by atoms with Crippen LogP contribution in [0.2, 0.25) is 0 Å². The van der Waals surface area contributed by atoms with E-state index in [1.165, 1.54) is 5.56 Å². The Morgan fingerprint density at radius 1 is 1.24 bits per heavy atom. The normalized spacial score (nSPS) is 18.5. The van der Waals surface area contributed by atoms with Crippen molar-refractivity contribution in [3.63, 3.8) is 0 Å². The van der Waals surface area contributed by atoms with Crippen molar-refractivity contribution in [3.8, 4) is 0 Å². The lowest BCUT2D eigenvalue weighted by atomic mass is 9.80. The Bertz CT molecular complexity index is 691. The van der Waals surface area contributed by atoms with Gasteiger partial charge in [-0.3, -0.25) is 0 Å². The maximum absolute atomic E-state index is 12.5. The number of esters is 1. The molecule has 0 saturated heterocycles. The summed E-state index contributed by atoms with van der Waals surface area (Å²) >= 11 is 0. The highest BCUT2D eigenvalue weighted by molar-refractivity contribution is 8.31. The van der Waals surface area contributed by atoms with E-state index in [1.807, 2.05) is 19.1 Å². The van der Waals surface area contributed by atoms with Gasteiger partial charge in [0.1, 0.15) is 10.2 Å². The van der Waals surface area contributed by atoms with Crippen LogP contribution in [0.5, 0.6) is 0 Å². The summed E-state index contributed by atoms with van der Waals surface area (Å²) in [6.07, 6.45) is 2.68. The molecule has 25 heavy (non-hydrogen) atoms. The van der Waals surface area contributed by atoms with Crippen molar-refractivity contribution in [1.29, 1.82) is 0 Å². The molecule has 0 amide bonds. The average molecular weight is 385 g/mol. The predicted molar refractivity (Wildman–Crippen MR) is 103 cm³/mol. The van der Waals surface area contributed by atoms with Crippen LogP contribution >= 0.6 is 0 Å². The first-order valence-electron chi connectivity index (χ1n) is 8.88. The van der Waals surface area contributed by atoms with Crippen LogP contribution in [0.15, 0.2) is 17.0 Å². The molecule has 0 aromatic heterocycles. The molecule has 4 nitrogen and oxygen atoms in total. The van der Waals surface area contributed by atoms with Gasteiger partial charge in [-0.1, -0.05) is 43.2 Å². The van der Waals surface area contributed by atoms with Gasteiger partial charge in [0.15, 0.2) is 0 Å². The molecular formula is C19H28O4S2. The Hall–Kier alpha value is -0.980. The molecule has 2 rings (SSSR count). The number of rotatable bonds is 7. The molecule has 0 bridgehead atoms. The topological polar surface area (TPSA) is 52.6 Å². The summed E-state index contributed by atoms with van der Waals surface area (Å²) in [5, 5.41) is 0. The van der Waals surface area contributed by atoms with Gasteiger partial charge in [0.05, 0.1) is 18.8 Å². The maximum Gasteiger partial charge on any atom is 0.338 e. The molecule has 0 saturated carbocycles. The highest BCUT2D eigenvalue weighted by Crippen LogP contribution is 2.40. The smallest absolute Gasteiger partial charge is 0.338 e. The van der Waals surface area contributed by atoms with Crippen molar-refractivity contribution in [1.82, 2.24) is 0 Å². The van der Waals surface area contributed by atoms with Gasteiger partial charge in [0.25, 0.3) is 0 Å². The fourth-order valence-corrected chi connectivity index (χ4v) is 6.30. The van der Waals surface area contributed by atoms with Gasteiger partial charge in [-0.25, -0.2) is 9.00 Å². The molecule has 0 fully saturated rings. The third-order valence-electron chi connectivity index (χ3n) is 4.46. The van der Waals surface area contributed by atoms with Crippen LogP contribution in [-0.4, -0.2) is 29.1 Å². The molecule has 1 aliphatic heterocycles. The van der Waals surface area contributed by atoms with E-state index in [1.54, 1.807) is 0 Å². The number of ether oxygens (including phenoxy) is 2. The van der Waals surface area contributed by atoms with Gasteiger partial charge in [-0.15, -0.1) is 0 Å². The van der Waals surface area contributed by atoms with Crippen LogP contribution in [0.25, 0.3) is 0 Å². The third kappa shape index (κ3) is 4.60. The standard InChI is InChI=1S/C19H28O4S2/c1-5-10-22-13-15-14(18(20)23-11-6-2)7-8-16-17(15)25(24-21)12-9-19(16,3)4/h7-8H,5-6,9-13H2,1-4H3. The highest BCUT2D eigenvalue weighted by atomic mass is 32.8. The van der Waals surface area contributed by atoms with Crippen LogP contribution < -0.4 is 0 Å². The van der Waals surface area contributed by atoms with E-state index in [0.717, 1.165) is 35.5 Å². The summed E-state index contributed by atoms with van der Waals surface area (Å²) in [6.45, 7) is 9.82. The molecule has 140 valence electrons. The monoisotopic (exact) mass is 384 g/mol. The molecule has 1 atom stereocenters. The van der Waals surface area contributed by atoms with Crippen LogP contribution in [0.4, 0.5) is 0 Å². The zero-order valence-electron chi connectivity index (χ0n) is 15.6. The van der Waals surface area contributed by atoms with E-state index in [9.17, 15) is 9.00 Å². The molecule has 1 aliphatic rings. The second-order valence-electron chi connectivity index (χ2n) is 6.91. The molecule has 1 aromatic carbocycles. The Kier molecular flexibility index (Phi) is 7.40. The van der Waals surface area contributed by atoms with Crippen molar-refractivity contribution < 1.29 is 18.5 Å². The van der Waals surface area contributed by atoms with Gasteiger partial charge >= 0.3 is 5.97 Å². The lowest BCUT2D eigenvalue weighted by molar-refractivity contribution is 0.0496. The van der Waals surface area contributed by atoms with E-state index >= 15 is 0 Å². The highest BCUT2D eigenvalue weighted by Gasteiger charge is 2.33. The summed E-state index contributed by atoms with van der Waals surface area (Å²) in [5.74, 6) is 0.533. The zero-order valence-corrected chi connectivity index (χ0v) is 17.2. The van der Waals surface area contributed by atoms with Crippen molar-refractivity contribution in [2.75, 3.05) is 19.0 Å². The third-order valence-corrected chi connectivity index (χ3v) is 7.62. The second-order valence-corrected chi connectivity index (χ2v) is 10.2. The maximum atomic E-state index is 12.5. The number of benzene rings is 1. The summed E-state index contributed by atoms with van der Waals surface area (Å²) in [7, 11) is 0.202. The van der Waals surface area contributed by atoms with Crippen molar-refractivity contribution in [3.05, 3.63) is 28.8 Å². The van der Waals surface area contributed by atoms with E-state index in [2.05, 4.69) is 20.8 Å². The Morgan fingerprint density at radius 2 is 1.96 bits per heavy atom. The van der Waals surface area contributed by atoms with Gasteiger partial charge in [-0.05, 0) is 36.3 Å². The van der Waals surface area contributed by atoms with Crippen molar-refractivity contribution >= 4 is 25.6 Å². The Balaban J connectivity index is 2.58. The minimum atomic E-state index is -0.449. The number of carbonyl (C=O) groups excluding carboxylic acids is 1. The molecule has 0 spiro atoms. The summed E-state index contributed by atoms with van der Waals surface area (Å²) in [4.78, 5) is 13.6. The molecule has 0 N–H and O–H groups in total.